The minimum Gasteiger partial charge on any atom is -0.382 e. The monoisotopic (exact) mass is 197 g/mol. The van der Waals surface area contributed by atoms with E-state index in [-0.39, 0.29) is 11.8 Å². The molecule has 1 aliphatic rings. The zero-order valence-corrected chi connectivity index (χ0v) is 8.58. The fraction of sp³-hybridized carbons (Fsp3) is 0.600. The molecule has 0 spiro atoms. The van der Waals surface area contributed by atoms with E-state index < -0.39 is 0 Å². The molecule has 78 valence electrons. The van der Waals surface area contributed by atoms with E-state index in [2.05, 4.69) is 0 Å². The van der Waals surface area contributed by atoms with Gasteiger partial charge in [0.25, 0.3) is 11.8 Å². The summed E-state index contributed by atoms with van der Waals surface area (Å²) in [4.78, 5) is 23.9. The maximum Gasteiger partial charge on any atom is 0.256 e. The molecule has 0 unspecified atom stereocenters. The maximum absolute atomic E-state index is 11.4. The lowest BCUT2D eigenvalue weighted by molar-refractivity contribution is -0.137. The minimum atomic E-state index is -0.205. The Kier molecular flexibility index (Phi) is 3.83. The summed E-state index contributed by atoms with van der Waals surface area (Å²) in [5.41, 5.74) is 0.520. The summed E-state index contributed by atoms with van der Waals surface area (Å²) < 4.78 is 5.12. The minimum absolute atomic E-state index is 0.175. The largest absolute Gasteiger partial charge is 0.382 e. The number of rotatable bonds is 5. The molecule has 0 fully saturated rings. The zero-order chi connectivity index (χ0) is 10.6. The molecule has 0 aromatic carbocycles. The molecular weight excluding hydrogens is 182 g/mol. The van der Waals surface area contributed by atoms with Crippen molar-refractivity contribution in [3.8, 4) is 0 Å². The van der Waals surface area contributed by atoms with E-state index in [1.165, 1.54) is 11.0 Å². The number of imide groups is 1. The van der Waals surface area contributed by atoms with Crippen molar-refractivity contribution in [3.63, 3.8) is 0 Å². The van der Waals surface area contributed by atoms with Crippen molar-refractivity contribution in [2.45, 2.75) is 20.3 Å². The van der Waals surface area contributed by atoms with Crippen molar-refractivity contribution in [1.29, 1.82) is 0 Å². The first-order valence-electron chi connectivity index (χ1n) is 4.78. The average molecular weight is 197 g/mol. The standard InChI is InChI=1S/C10H15NO3/c1-3-14-6-4-5-11-9(12)7-8(2)10(11)13/h7H,3-6H2,1-2H3. The molecule has 4 nitrogen and oxygen atoms in total. The lowest BCUT2D eigenvalue weighted by Crippen LogP contribution is -2.32. The number of nitrogens with zero attached hydrogens (tertiary/aromatic N) is 1. The van der Waals surface area contributed by atoms with Crippen molar-refractivity contribution in [3.05, 3.63) is 11.6 Å². The first-order chi connectivity index (χ1) is 6.66. The molecule has 0 saturated heterocycles. The Labute approximate surface area is 83.5 Å². The van der Waals surface area contributed by atoms with Crippen LogP contribution < -0.4 is 0 Å². The number of hydrogen-bond donors (Lipinski definition) is 0. The van der Waals surface area contributed by atoms with Gasteiger partial charge in [-0.2, -0.15) is 0 Å². The first-order valence-corrected chi connectivity index (χ1v) is 4.78. The average Bonchev–Trinajstić information content (AvgIpc) is 2.38. The molecule has 0 N–H and O–H groups in total. The molecule has 0 aliphatic carbocycles. The summed E-state index contributed by atoms with van der Waals surface area (Å²) in [6.07, 6.45) is 2.08. The Morgan fingerprint density at radius 1 is 1.43 bits per heavy atom. The van der Waals surface area contributed by atoms with Gasteiger partial charge in [0.05, 0.1) is 0 Å². The normalized spacial score (nSPS) is 16.4. The summed E-state index contributed by atoms with van der Waals surface area (Å²) in [7, 11) is 0. The molecule has 4 heteroatoms. The third kappa shape index (κ3) is 2.42. The number of carbonyl (C=O) groups excluding carboxylic acids is 2. The fourth-order valence-electron chi connectivity index (χ4n) is 1.32. The van der Waals surface area contributed by atoms with Crippen molar-refractivity contribution in [2.24, 2.45) is 0 Å². The number of hydrogen-bond acceptors (Lipinski definition) is 3. The van der Waals surface area contributed by atoms with Crippen LogP contribution in [-0.4, -0.2) is 36.5 Å². The Hall–Kier alpha value is -1.16. The van der Waals surface area contributed by atoms with Crippen LogP contribution in [0, 0.1) is 0 Å². The van der Waals surface area contributed by atoms with Crippen LogP contribution in [0.3, 0.4) is 0 Å². The van der Waals surface area contributed by atoms with Crippen LogP contribution in [0.15, 0.2) is 11.6 Å². The lowest BCUT2D eigenvalue weighted by Gasteiger charge is -2.13. The van der Waals surface area contributed by atoms with Gasteiger partial charge in [-0.25, -0.2) is 0 Å². The molecular formula is C10H15NO3. The summed E-state index contributed by atoms with van der Waals surface area (Å²) in [6, 6.07) is 0. The summed E-state index contributed by atoms with van der Waals surface area (Å²) in [6.45, 7) is 5.28. The number of ether oxygens (including phenoxy) is 1. The van der Waals surface area contributed by atoms with Gasteiger partial charge in [-0.1, -0.05) is 0 Å². The van der Waals surface area contributed by atoms with E-state index >= 15 is 0 Å². The topological polar surface area (TPSA) is 46.6 Å². The molecule has 0 saturated carbocycles. The lowest BCUT2D eigenvalue weighted by atomic mass is 10.3. The Balaban J connectivity index is 2.33. The fourth-order valence-corrected chi connectivity index (χ4v) is 1.32. The smallest absolute Gasteiger partial charge is 0.256 e. The third-order valence-corrected chi connectivity index (χ3v) is 2.06. The highest BCUT2D eigenvalue weighted by molar-refractivity contribution is 6.15. The number of amides is 2. The second kappa shape index (κ2) is 4.91. The first kappa shape index (κ1) is 10.9. The number of carbonyl (C=O) groups is 2. The molecule has 14 heavy (non-hydrogen) atoms. The van der Waals surface area contributed by atoms with E-state index in [0.29, 0.717) is 31.8 Å². The van der Waals surface area contributed by atoms with Gasteiger partial charge >= 0.3 is 0 Å². The van der Waals surface area contributed by atoms with Crippen LogP contribution in [0.1, 0.15) is 20.3 Å². The molecule has 2 amide bonds. The zero-order valence-electron chi connectivity index (χ0n) is 8.58. The summed E-state index contributed by atoms with van der Waals surface area (Å²) in [5, 5.41) is 0. The highest BCUT2D eigenvalue weighted by Crippen LogP contribution is 2.11. The predicted molar refractivity (Wildman–Crippen MR) is 51.6 cm³/mol. The van der Waals surface area contributed by atoms with Crippen LogP contribution in [-0.2, 0) is 14.3 Å². The molecule has 0 atom stereocenters. The molecule has 1 heterocycles. The van der Waals surface area contributed by atoms with Crippen LogP contribution in [0.25, 0.3) is 0 Å². The Morgan fingerprint density at radius 2 is 2.14 bits per heavy atom. The van der Waals surface area contributed by atoms with Crippen LogP contribution in [0.2, 0.25) is 0 Å². The highest BCUT2D eigenvalue weighted by Gasteiger charge is 2.27. The van der Waals surface area contributed by atoms with Crippen LogP contribution in [0.5, 0.6) is 0 Å². The SMILES string of the molecule is CCOCCCN1C(=O)C=C(C)C1=O. The van der Waals surface area contributed by atoms with Gasteiger partial charge in [-0.05, 0) is 20.3 Å². The second-order valence-electron chi connectivity index (χ2n) is 3.17. The van der Waals surface area contributed by atoms with E-state index in [4.69, 9.17) is 4.74 Å². The Morgan fingerprint density at radius 3 is 2.64 bits per heavy atom. The van der Waals surface area contributed by atoms with Crippen molar-refractivity contribution >= 4 is 11.8 Å². The summed E-state index contributed by atoms with van der Waals surface area (Å²) >= 11 is 0. The van der Waals surface area contributed by atoms with E-state index in [9.17, 15) is 9.59 Å². The molecule has 0 bridgehead atoms. The van der Waals surface area contributed by atoms with Gasteiger partial charge in [-0.15, -0.1) is 0 Å². The van der Waals surface area contributed by atoms with E-state index in [1.54, 1.807) is 6.92 Å². The predicted octanol–water partition coefficient (Wildman–Crippen LogP) is 0.728. The van der Waals surface area contributed by atoms with Crippen LogP contribution >= 0.6 is 0 Å². The van der Waals surface area contributed by atoms with Crippen LogP contribution in [0.4, 0.5) is 0 Å². The van der Waals surface area contributed by atoms with Gasteiger partial charge < -0.3 is 4.74 Å². The van der Waals surface area contributed by atoms with Gasteiger partial charge in [0.15, 0.2) is 0 Å². The quantitative estimate of drug-likeness (QED) is 0.482. The highest BCUT2D eigenvalue weighted by atomic mass is 16.5. The third-order valence-electron chi connectivity index (χ3n) is 2.06. The maximum atomic E-state index is 11.4. The van der Waals surface area contributed by atoms with Gasteiger partial charge in [0.1, 0.15) is 0 Å². The Bertz CT molecular complexity index is 271. The van der Waals surface area contributed by atoms with Gasteiger partial charge in [-0.3, -0.25) is 14.5 Å². The molecule has 0 radical (unpaired) electrons. The van der Waals surface area contributed by atoms with E-state index in [0.717, 1.165) is 0 Å². The van der Waals surface area contributed by atoms with Crippen molar-refractivity contribution in [2.75, 3.05) is 19.8 Å². The van der Waals surface area contributed by atoms with Gasteiger partial charge in [0, 0.05) is 31.4 Å². The summed E-state index contributed by atoms with van der Waals surface area (Å²) in [5.74, 6) is -0.379. The van der Waals surface area contributed by atoms with Crippen molar-refractivity contribution in [1.82, 2.24) is 4.90 Å². The molecule has 0 aromatic heterocycles. The molecule has 1 aliphatic heterocycles. The molecule has 1 rings (SSSR count). The second-order valence-corrected chi connectivity index (χ2v) is 3.17. The molecule has 0 aromatic rings. The van der Waals surface area contributed by atoms with E-state index in [1.807, 2.05) is 6.92 Å². The van der Waals surface area contributed by atoms with Gasteiger partial charge in [0.2, 0.25) is 0 Å². The van der Waals surface area contributed by atoms with Crippen molar-refractivity contribution < 1.29 is 14.3 Å².